The number of anilines is 1. The number of hydrogen-bond acceptors (Lipinski definition) is 5. The zero-order valence-electron chi connectivity index (χ0n) is 13.3. The van der Waals surface area contributed by atoms with Crippen LogP contribution in [0.1, 0.15) is 17.3 Å². The van der Waals surface area contributed by atoms with Crippen LogP contribution in [0.15, 0.2) is 36.4 Å². The van der Waals surface area contributed by atoms with Crippen LogP contribution in [-0.2, 0) is 0 Å². The van der Waals surface area contributed by atoms with Gasteiger partial charge in [0.1, 0.15) is 0 Å². The highest BCUT2D eigenvalue weighted by molar-refractivity contribution is 6.04. The lowest BCUT2D eigenvalue weighted by Gasteiger charge is -2.13. The molecule has 0 atom stereocenters. The summed E-state index contributed by atoms with van der Waals surface area (Å²) >= 11 is 0. The molecule has 6 nitrogen and oxygen atoms in total. The van der Waals surface area contributed by atoms with E-state index in [1.54, 1.807) is 25.1 Å². The van der Waals surface area contributed by atoms with Crippen LogP contribution in [0.3, 0.4) is 0 Å². The first-order valence-electron chi connectivity index (χ1n) is 7.49. The Balaban J connectivity index is 1.77. The molecular formula is C17H15F2NO5. The van der Waals surface area contributed by atoms with Gasteiger partial charge in [0, 0.05) is 17.3 Å². The van der Waals surface area contributed by atoms with Gasteiger partial charge in [0.05, 0.1) is 6.61 Å². The van der Waals surface area contributed by atoms with Gasteiger partial charge in [-0.3, -0.25) is 4.79 Å². The third-order valence-corrected chi connectivity index (χ3v) is 3.35. The van der Waals surface area contributed by atoms with E-state index >= 15 is 0 Å². The highest BCUT2D eigenvalue weighted by Crippen LogP contribution is 2.34. The van der Waals surface area contributed by atoms with Gasteiger partial charge >= 0.3 is 6.61 Å². The minimum absolute atomic E-state index is 0.0991. The predicted molar refractivity (Wildman–Crippen MR) is 84.8 cm³/mol. The van der Waals surface area contributed by atoms with Crippen LogP contribution in [0.4, 0.5) is 14.5 Å². The number of ether oxygens (including phenoxy) is 4. The van der Waals surface area contributed by atoms with Crippen molar-refractivity contribution in [2.24, 2.45) is 0 Å². The first kappa shape index (κ1) is 16.8. The second kappa shape index (κ2) is 7.25. The van der Waals surface area contributed by atoms with Crippen LogP contribution < -0.4 is 24.3 Å². The Morgan fingerprint density at radius 1 is 1.16 bits per heavy atom. The van der Waals surface area contributed by atoms with Gasteiger partial charge in [0.2, 0.25) is 6.79 Å². The molecule has 2 aromatic rings. The molecule has 132 valence electrons. The van der Waals surface area contributed by atoms with E-state index in [0.717, 1.165) is 0 Å². The van der Waals surface area contributed by atoms with Crippen LogP contribution in [0.5, 0.6) is 23.0 Å². The number of benzene rings is 2. The standard InChI is InChI=1S/C17H15F2NO5/c1-2-22-15-8-11(4-6-13(15)25-17(18)19)20-16(21)10-3-5-12-14(7-10)24-9-23-12/h3-8,17H,2,9H2,1H3,(H,20,21). The first-order valence-corrected chi connectivity index (χ1v) is 7.49. The largest absolute Gasteiger partial charge is 0.490 e. The van der Waals surface area contributed by atoms with Crippen molar-refractivity contribution in [3.63, 3.8) is 0 Å². The van der Waals surface area contributed by atoms with E-state index in [0.29, 0.717) is 22.7 Å². The molecule has 0 spiro atoms. The van der Waals surface area contributed by atoms with Gasteiger partial charge in [-0.25, -0.2) is 0 Å². The lowest BCUT2D eigenvalue weighted by molar-refractivity contribution is -0.0514. The lowest BCUT2D eigenvalue weighted by atomic mass is 10.2. The summed E-state index contributed by atoms with van der Waals surface area (Å²) in [6, 6.07) is 8.99. The lowest BCUT2D eigenvalue weighted by Crippen LogP contribution is -2.12. The van der Waals surface area contributed by atoms with E-state index in [1.807, 2.05) is 0 Å². The van der Waals surface area contributed by atoms with Gasteiger partial charge in [-0.1, -0.05) is 0 Å². The second-order valence-corrected chi connectivity index (χ2v) is 5.00. The molecule has 1 amide bonds. The van der Waals surface area contributed by atoms with Gasteiger partial charge in [0.15, 0.2) is 23.0 Å². The summed E-state index contributed by atoms with van der Waals surface area (Å²) in [5.74, 6) is 0.694. The van der Waals surface area contributed by atoms with Crippen LogP contribution in [-0.4, -0.2) is 25.9 Å². The van der Waals surface area contributed by atoms with Gasteiger partial charge < -0.3 is 24.3 Å². The first-order chi connectivity index (χ1) is 12.1. The average molecular weight is 351 g/mol. The summed E-state index contributed by atoms with van der Waals surface area (Å²) in [5, 5.41) is 2.67. The van der Waals surface area contributed by atoms with Gasteiger partial charge in [-0.2, -0.15) is 8.78 Å². The molecule has 1 aliphatic heterocycles. The predicted octanol–water partition coefficient (Wildman–Crippen LogP) is 3.67. The maximum atomic E-state index is 12.4. The number of alkyl halides is 2. The van der Waals surface area contributed by atoms with E-state index < -0.39 is 6.61 Å². The number of hydrogen-bond donors (Lipinski definition) is 1. The topological polar surface area (TPSA) is 66.0 Å². The molecule has 0 unspecified atom stereocenters. The zero-order valence-corrected chi connectivity index (χ0v) is 13.3. The smallest absolute Gasteiger partial charge is 0.387 e. The highest BCUT2D eigenvalue weighted by atomic mass is 19.3. The Kier molecular flexibility index (Phi) is 4.87. The van der Waals surface area contributed by atoms with Crippen LogP contribution >= 0.6 is 0 Å². The Labute approximate surface area is 142 Å². The Bertz CT molecular complexity index is 782. The van der Waals surface area contributed by atoms with Crippen molar-refractivity contribution in [1.82, 2.24) is 0 Å². The number of rotatable bonds is 6. The third-order valence-electron chi connectivity index (χ3n) is 3.35. The van der Waals surface area contributed by atoms with Crippen molar-refractivity contribution in [2.75, 3.05) is 18.7 Å². The summed E-state index contributed by atoms with van der Waals surface area (Å²) in [6.07, 6.45) is 0. The Hall–Kier alpha value is -3.03. The molecule has 0 fully saturated rings. The molecule has 0 saturated heterocycles. The molecule has 2 aromatic carbocycles. The average Bonchev–Trinajstić information content (AvgIpc) is 3.04. The van der Waals surface area contributed by atoms with Crippen LogP contribution in [0, 0.1) is 0 Å². The summed E-state index contributed by atoms with van der Waals surface area (Å²) < 4.78 is 44.9. The van der Waals surface area contributed by atoms with Crippen LogP contribution in [0.2, 0.25) is 0 Å². The SMILES string of the molecule is CCOc1cc(NC(=O)c2ccc3c(c2)OCO3)ccc1OC(F)F. The normalized spacial score (nSPS) is 12.2. The maximum absolute atomic E-state index is 12.4. The Morgan fingerprint density at radius 3 is 2.72 bits per heavy atom. The number of nitrogens with one attached hydrogen (secondary N) is 1. The van der Waals surface area contributed by atoms with Crippen molar-refractivity contribution in [1.29, 1.82) is 0 Å². The maximum Gasteiger partial charge on any atom is 0.387 e. The molecule has 0 radical (unpaired) electrons. The molecule has 1 heterocycles. The molecule has 1 aliphatic rings. The van der Waals surface area contributed by atoms with Gasteiger partial charge in [-0.05, 0) is 37.3 Å². The van der Waals surface area contributed by atoms with Crippen molar-refractivity contribution >= 4 is 11.6 Å². The molecule has 8 heteroatoms. The van der Waals surface area contributed by atoms with E-state index in [-0.39, 0.29) is 30.8 Å². The van der Waals surface area contributed by atoms with Gasteiger partial charge in [-0.15, -0.1) is 0 Å². The second-order valence-electron chi connectivity index (χ2n) is 5.00. The van der Waals surface area contributed by atoms with Gasteiger partial charge in [0.25, 0.3) is 5.91 Å². The molecule has 0 bridgehead atoms. The molecule has 0 aliphatic carbocycles. The summed E-state index contributed by atoms with van der Waals surface area (Å²) in [6.45, 7) is -0.874. The summed E-state index contributed by atoms with van der Waals surface area (Å²) in [4.78, 5) is 12.3. The molecule has 3 rings (SSSR count). The molecular weight excluding hydrogens is 336 g/mol. The summed E-state index contributed by atoms with van der Waals surface area (Å²) in [5.41, 5.74) is 0.753. The Morgan fingerprint density at radius 2 is 1.96 bits per heavy atom. The minimum Gasteiger partial charge on any atom is -0.490 e. The number of halogens is 2. The van der Waals surface area contributed by atoms with Crippen molar-refractivity contribution in [3.8, 4) is 23.0 Å². The fourth-order valence-electron chi connectivity index (χ4n) is 2.29. The fourth-order valence-corrected chi connectivity index (χ4v) is 2.29. The number of fused-ring (bicyclic) bond motifs is 1. The molecule has 0 aromatic heterocycles. The van der Waals surface area contributed by atoms with Crippen molar-refractivity contribution < 1.29 is 32.5 Å². The highest BCUT2D eigenvalue weighted by Gasteiger charge is 2.17. The van der Waals surface area contributed by atoms with Crippen molar-refractivity contribution in [3.05, 3.63) is 42.0 Å². The van der Waals surface area contributed by atoms with Crippen molar-refractivity contribution in [2.45, 2.75) is 13.5 Å². The molecule has 25 heavy (non-hydrogen) atoms. The number of carbonyl (C=O) groups excluding carboxylic acids is 1. The minimum atomic E-state index is -2.96. The number of carbonyl (C=O) groups is 1. The van der Waals surface area contributed by atoms with E-state index in [9.17, 15) is 13.6 Å². The van der Waals surface area contributed by atoms with Crippen LogP contribution in [0.25, 0.3) is 0 Å². The molecule has 0 saturated carbocycles. The fraction of sp³-hybridized carbons (Fsp3) is 0.235. The molecule has 1 N–H and O–H groups in total. The summed E-state index contributed by atoms with van der Waals surface area (Å²) in [7, 11) is 0. The quantitative estimate of drug-likeness (QED) is 0.860. The zero-order chi connectivity index (χ0) is 17.8. The monoisotopic (exact) mass is 351 g/mol. The third kappa shape index (κ3) is 3.90. The number of amides is 1. The van der Waals surface area contributed by atoms with E-state index in [1.165, 1.54) is 18.2 Å². The van der Waals surface area contributed by atoms with E-state index in [4.69, 9.17) is 14.2 Å². The van der Waals surface area contributed by atoms with E-state index in [2.05, 4.69) is 10.1 Å².